The number of rotatable bonds is 3. The molecular weight excluding hydrogens is 560 g/mol. The molecule has 1 saturated carbocycles. The van der Waals surface area contributed by atoms with Gasteiger partial charge in [0.15, 0.2) is 23.1 Å². The third-order valence-corrected chi connectivity index (χ3v) is 6.22. The summed E-state index contributed by atoms with van der Waals surface area (Å²) in [6.45, 7) is 0. The first-order valence-corrected chi connectivity index (χ1v) is 11.1. The van der Waals surface area contributed by atoms with Gasteiger partial charge in [-0.1, -0.05) is 6.42 Å². The molecule has 12 heteroatoms. The van der Waals surface area contributed by atoms with E-state index in [1.54, 1.807) is 17.0 Å². The molecule has 0 saturated heterocycles. The van der Waals surface area contributed by atoms with Crippen LogP contribution in [-0.2, 0) is 6.18 Å². The number of nitrogens with zero attached hydrogens (tertiary/aromatic N) is 3. The summed E-state index contributed by atoms with van der Waals surface area (Å²) in [5.41, 5.74) is 10.1. The van der Waals surface area contributed by atoms with Crippen LogP contribution >= 0.6 is 22.6 Å². The molecule has 4 rings (SSSR count). The van der Waals surface area contributed by atoms with Crippen LogP contribution in [0.5, 0.6) is 11.5 Å². The van der Waals surface area contributed by atoms with Gasteiger partial charge in [0.1, 0.15) is 5.66 Å². The lowest BCUT2D eigenvalue weighted by Gasteiger charge is -2.45. The van der Waals surface area contributed by atoms with E-state index in [1.807, 2.05) is 22.6 Å². The Labute approximate surface area is 199 Å². The fourth-order valence-electron chi connectivity index (χ4n) is 4.15. The highest BCUT2D eigenvalue weighted by Gasteiger charge is 2.44. The molecular formula is C21H19F5IN5O. The zero-order chi connectivity index (χ0) is 24.0. The monoisotopic (exact) mass is 579 g/mol. The summed E-state index contributed by atoms with van der Waals surface area (Å²) >= 11 is 2.05. The van der Waals surface area contributed by atoms with Crippen molar-refractivity contribution in [1.82, 2.24) is 0 Å². The van der Waals surface area contributed by atoms with E-state index in [4.69, 9.17) is 16.2 Å². The van der Waals surface area contributed by atoms with E-state index in [1.165, 1.54) is 6.07 Å². The first-order valence-electron chi connectivity index (χ1n) is 10.0. The smallest absolute Gasteiger partial charge is 0.416 e. The molecule has 1 heterocycles. The van der Waals surface area contributed by atoms with Crippen LogP contribution in [0.2, 0.25) is 0 Å². The second kappa shape index (κ2) is 8.61. The quantitative estimate of drug-likeness (QED) is 0.372. The summed E-state index contributed by atoms with van der Waals surface area (Å²) < 4.78 is 73.9. The number of ether oxygens (including phenoxy) is 1. The largest absolute Gasteiger partial charge is 0.449 e. The lowest BCUT2D eigenvalue weighted by atomic mass is 9.87. The third kappa shape index (κ3) is 4.57. The van der Waals surface area contributed by atoms with Crippen molar-refractivity contribution in [3.8, 4) is 11.5 Å². The zero-order valence-corrected chi connectivity index (χ0v) is 19.3. The van der Waals surface area contributed by atoms with Crippen LogP contribution in [0.15, 0.2) is 40.3 Å². The zero-order valence-electron chi connectivity index (χ0n) is 17.1. The summed E-state index contributed by atoms with van der Waals surface area (Å²) in [6.07, 6.45) is -0.987. The van der Waals surface area contributed by atoms with Gasteiger partial charge in [0.2, 0.25) is 11.9 Å². The van der Waals surface area contributed by atoms with E-state index in [0.717, 1.165) is 22.8 Å². The number of aliphatic imine (C=N–C) groups is 2. The Hall–Kier alpha value is -2.64. The number of benzene rings is 2. The van der Waals surface area contributed by atoms with Crippen molar-refractivity contribution in [2.75, 3.05) is 4.90 Å². The lowest BCUT2D eigenvalue weighted by Crippen LogP contribution is -2.58. The van der Waals surface area contributed by atoms with Gasteiger partial charge in [0.05, 0.1) is 11.3 Å². The molecule has 0 bridgehead atoms. The van der Waals surface area contributed by atoms with Crippen molar-refractivity contribution in [2.24, 2.45) is 21.5 Å². The fourth-order valence-corrected chi connectivity index (χ4v) is 4.63. The van der Waals surface area contributed by atoms with Gasteiger partial charge in [-0.2, -0.15) is 18.2 Å². The molecule has 2 aliphatic rings. The molecule has 1 aliphatic heterocycles. The molecule has 2 aromatic rings. The van der Waals surface area contributed by atoms with E-state index >= 15 is 0 Å². The van der Waals surface area contributed by atoms with Crippen molar-refractivity contribution in [1.29, 1.82) is 0 Å². The van der Waals surface area contributed by atoms with E-state index < -0.39 is 34.8 Å². The third-order valence-electron chi connectivity index (χ3n) is 5.55. The van der Waals surface area contributed by atoms with Crippen LogP contribution in [0.4, 0.5) is 27.6 Å². The molecule has 6 nitrogen and oxygen atoms in total. The molecule has 0 atom stereocenters. The maximum Gasteiger partial charge on any atom is 0.416 e. The molecule has 0 unspecified atom stereocenters. The normalized spacial score (nSPS) is 18.2. The van der Waals surface area contributed by atoms with E-state index in [2.05, 4.69) is 9.98 Å². The van der Waals surface area contributed by atoms with Crippen molar-refractivity contribution in [3.05, 3.63) is 51.1 Å². The summed E-state index contributed by atoms with van der Waals surface area (Å²) in [4.78, 5) is 10.2. The number of hydrogen-bond acceptors (Lipinski definition) is 6. The Morgan fingerprint density at radius 2 is 1.64 bits per heavy atom. The van der Waals surface area contributed by atoms with Gasteiger partial charge in [-0.3, -0.25) is 4.90 Å². The van der Waals surface area contributed by atoms with Gasteiger partial charge >= 0.3 is 6.18 Å². The number of guanidine groups is 2. The second-order valence-corrected chi connectivity index (χ2v) is 9.05. The van der Waals surface area contributed by atoms with Crippen LogP contribution in [0.1, 0.15) is 37.7 Å². The van der Waals surface area contributed by atoms with Gasteiger partial charge in [-0.15, -0.1) is 0 Å². The summed E-state index contributed by atoms with van der Waals surface area (Å²) in [5.74, 6) is -3.89. The molecule has 1 fully saturated rings. The van der Waals surface area contributed by atoms with E-state index in [0.29, 0.717) is 18.5 Å². The Morgan fingerprint density at radius 1 is 1.00 bits per heavy atom. The number of hydrogen-bond donors (Lipinski definition) is 2. The Kier molecular flexibility index (Phi) is 6.14. The van der Waals surface area contributed by atoms with Crippen LogP contribution in [0.3, 0.4) is 0 Å². The first-order chi connectivity index (χ1) is 15.5. The highest BCUT2D eigenvalue weighted by atomic mass is 127. The minimum absolute atomic E-state index is 0.0215. The number of alkyl halides is 3. The van der Waals surface area contributed by atoms with Crippen LogP contribution in [0.25, 0.3) is 0 Å². The molecule has 4 N–H and O–H groups in total. The number of anilines is 1. The van der Waals surface area contributed by atoms with Crippen LogP contribution < -0.4 is 21.1 Å². The summed E-state index contributed by atoms with van der Waals surface area (Å²) in [5, 5.41) is 0. The molecule has 2 aromatic carbocycles. The fraction of sp³-hybridized carbons (Fsp3) is 0.333. The number of halogens is 6. The van der Waals surface area contributed by atoms with Crippen molar-refractivity contribution in [3.63, 3.8) is 0 Å². The predicted octanol–water partition coefficient (Wildman–Crippen LogP) is 5.49. The molecule has 0 amide bonds. The lowest BCUT2D eigenvalue weighted by molar-refractivity contribution is -0.138. The Balaban J connectivity index is 1.80. The van der Waals surface area contributed by atoms with Gasteiger partial charge < -0.3 is 16.2 Å². The Morgan fingerprint density at radius 3 is 2.24 bits per heavy atom. The second-order valence-electron chi connectivity index (χ2n) is 7.80. The van der Waals surface area contributed by atoms with Gasteiger partial charge in [-0.25, -0.2) is 13.8 Å². The highest BCUT2D eigenvalue weighted by molar-refractivity contribution is 14.1. The number of nitrogens with two attached hydrogens (primary N) is 2. The van der Waals surface area contributed by atoms with Crippen molar-refractivity contribution in [2.45, 2.75) is 43.9 Å². The van der Waals surface area contributed by atoms with Crippen LogP contribution in [0, 0.1) is 15.2 Å². The summed E-state index contributed by atoms with van der Waals surface area (Å²) in [6, 6.07) is 5.14. The average Bonchev–Trinajstić information content (AvgIpc) is 2.71. The maximum atomic E-state index is 14.5. The highest BCUT2D eigenvalue weighted by Crippen LogP contribution is 2.45. The molecule has 0 aromatic heterocycles. The minimum atomic E-state index is -4.90. The molecule has 1 spiro atoms. The van der Waals surface area contributed by atoms with Crippen molar-refractivity contribution >= 4 is 40.2 Å². The standard InChI is InChI=1S/C21H19F5IN5O/c22-13-8-11(21(24,25)26)9-14(23)17(13)33-16-5-4-12(27)10-15(16)32-19(29)30-18(28)31-20(32)6-2-1-3-7-20/h4-5,8-10H,1-3,6-7H2,(H4,28,29,30,31). The molecule has 176 valence electrons. The van der Waals surface area contributed by atoms with Gasteiger partial charge in [0, 0.05) is 3.57 Å². The Bertz CT molecular complexity index is 1120. The van der Waals surface area contributed by atoms with E-state index in [9.17, 15) is 22.0 Å². The van der Waals surface area contributed by atoms with Crippen LogP contribution in [-0.4, -0.2) is 17.6 Å². The molecule has 33 heavy (non-hydrogen) atoms. The minimum Gasteiger partial charge on any atom is -0.449 e. The topological polar surface area (TPSA) is 89.2 Å². The average molecular weight is 579 g/mol. The first kappa shape index (κ1) is 23.5. The summed E-state index contributed by atoms with van der Waals surface area (Å²) in [7, 11) is 0. The molecule has 1 aliphatic carbocycles. The predicted molar refractivity (Wildman–Crippen MR) is 122 cm³/mol. The SMILES string of the molecule is NC1=NC2(CCCCC2)N(c2cc(I)ccc2Oc2c(F)cc(C(F)(F)F)cc2F)C(N)=N1. The van der Waals surface area contributed by atoms with Gasteiger partial charge in [-0.05, 0) is 78.6 Å². The van der Waals surface area contributed by atoms with Crippen molar-refractivity contribution < 1.29 is 26.7 Å². The van der Waals surface area contributed by atoms with Gasteiger partial charge in [0.25, 0.3) is 0 Å². The molecule has 0 radical (unpaired) electrons. The van der Waals surface area contributed by atoms with E-state index in [-0.39, 0.29) is 29.8 Å². The maximum absolute atomic E-state index is 14.5.